The minimum atomic E-state index is 0.474. The smallest absolute Gasteiger partial charge is 0.157 e. The van der Waals surface area contributed by atoms with Crippen molar-refractivity contribution in [3.63, 3.8) is 0 Å². The minimum Gasteiger partial charge on any atom is -0.384 e. The molecule has 36 heavy (non-hydrogen) atoms. The Morgan fingerprint density at radius 1 is 1.14 bits per heavy atom. The van der Waals surface area contributed by atoms with E-state index in [9.17, 15) is 0 Å². The molecule has 0 amide bonds. The lowest BCUT2D eigenvalue weighted by Gasteiger charge is -2.25. The van der Waals surface area contributed by atoms with Crippen LogP contribution < -0.4 is 10.6 Å². The zero-order chi connectivity index (χ0) is 26.5. The van der Waals surface area contributed by atoms with Crippen molar-refractivity contribution >= 4 is 33.5 Å². The largest absolute Gasteiger partial charge is 0.384 e. The molecule has 0 saturated heterocycles. The minimum absolute atomic E-state index is 0.474. The van der Waals surface area contributed by atoms with Crippen LogP contribution in [-0.2, 0) is 4.74 Å². The third-order valence-electron chi connectivity index (χ3n) is 5.90. The molecule has 2 heterocycles. The molecule has 0 bridgehead atoms. The van der Waals surface area contributed by atoms with Crippen LogP contribution in [0.1, 0.15) is 51.2 Å². The van der Waals surface area contributed by atoms with E-state index >= 15 is 0 Å². The number of aromatic nitrogens is 1. The second kappa shape index (κ2) is 15.6. The Bertz CT molecular complexity index is 1010. The first-order valence-electron chi connectivity index (χ1n) is 12.9. The van der Waals surface area contributed by atoms with E-state index in [-0.39, 0.29) is 0 Å². The molecule has 1 aromatic heterocycles. The number of rotatable bonds is 10. The molecule has 1 aromatic carbocycles. The lowest BCUT2D eigenvalue weighted by atomic mass is 9.86. The predicted molar refractivity (Wildman–Crippen MR) is 157 cm³/mol. The van der Waals surface area contributed by atoms with E-state index in [0.29, 0.717) is 17.9 Å². The molecule has 0 fully saturated rings. The summed E-state index contributed by atoms with van der Waals surface area (Å²) in [6.07, 6.45) is 11.2. The van der Waals surface area contributed by atoms with Gasteiger partial charge in [-0.15, -0.1) is 11.3 Å². The van der Waals surface area contributed by atoms with Gasteiger partial charge in [-0.25, -0.2) is 9.98 Å². The molecule has 0 saturated carbocycles. The van der Waals surface area contributed by atoms with E-state index in [2.05, 4.69) is 67.6 Å². The van der Waals surface area contributed by atoms with Gasteiger partial charge in [0.2, 0.25) is 0 Å². The fourth-order valence-corrected chi connectivity index (χ4v) is 5.06. The summed E-state index contributed by atoms with van der Waals surface area (Å²) < 4.78 is 5.34. The van der Waals surface area contributed by atoms with E-state index in [0.717, 1.165) is 52.5 Å². The van der Waals surface area contributed by atoms with Crippen molar-refractivity contribution in [2.45, 2.75) is 53.5 Å². The van der Waals surface area contributed by atoms with Crippen molar-refractivity contribution in [2.24, 2.45) is 16.8 Å². The molecule has 2 aromatic rings. The van der Waals surface area contributed by atoms with Crippen molar-refractivity contribution in [1.82, 2.24) is 15.2 Å². The van der Waals surface area contributed by atoms with Crippen LogP contribution in [0, 0.1) is 18.8 Å². The van der Waals surface area contributed by atoms with Gasteiger partial charge in [0.1, 0.15) is 10.7 Å². The molecule has 3 rings (SSSR count). The number of ether oxygens (including phenoxy) is 1. The van der Waals surface area contributed by atoms with Crippen LogP contribution in [0.2, 0.25) is 0 Å². The number of methoxy groups -OCH3 is 1. The van der Waals surface area contributed by atoms with Gasteiger partial charge in [0.25, 0.3) is 0 Å². The van der Waals surface area contributed by atoms with Crippen LogP contribution in [-0.4, -0.2) is 56.1 Å². The number of allylic oxidation sites excluding steroid dienone is 3. The highest BCUT2D eigenvalue weighted by atomic mass is 32.1. The predicted octanol–water partition coefficient (Wildman–Crippen LogP) is 6.94. The normalized spacial score (nSPS) is 15.2. The molecule has 0 radical (unpaired) electrons. The maximum atomic E-state index is 5.34. The van der Waals surface area contributed by atoms with Crippen molar-refractivity contribution in [1.29, 1.82) is 0 Å². The number of para-hydroxylation sites is 2. The molecule has 1 aliphatic rings. The second-order valence-corrected chi connectivity index (χ2v) is 10.5. The maximum Gasteiger partial charge on any atom is 0.157 e. The average molecular weight is 512 g/mol. The quantitative estimate of drug-likeness (QED) is 0.338. The van der Waals surface area contributed by atoms with E-state index < -0.39 is 0 Å². The summed E-state index contributed by atoms with van der Waals surface area (Å²) >= 11 is 1.66. The monoisotopic (exact) mass is 511 g/mol. The van der Waals surface area contributed by atoms with E-state index in [1.165, 1.54) is 6.42 Å². The van der Waals surface area contributed by atoms with Crippen molar-refractivity contribution in [2.75, 3.05) is 39.7 Å². The second-order valence-electron chi connectivity index (χ2n) is 9.31. The highest BCUT2D eigenvalue weighted by Crippen LogP contribution is 2.37. The number of hydrogen-bond acceptors (Lipinski definition) is 7. The van der Waals surface area contributed by atoms with Gasteiger partial charge in [-0.3, -0.25) is 0 Å². The number of aryl methyl sites for hydroxylation is 1. The number of nitrogens with one attached hydrogen (secondary N) is 2. The number of hydrogen-bond donors (Lipinski definition) is 2. The molecule has 2 N–H and O–H groups in total. The fraction of sp³-hybridized carbons (Fsp3) is 0.517. The molecule has 0 spiro atoms. The summed E-state index contributed by atoms with van der Waals surface area (Å²) in [6, 6.07) is 8.60. The molecule has 6 nitrogen and oxygen atoms in total. The summed E-state index contributed by atoms with van der Waals surface area (Å²) in [7, 11) is 5.76. The van der Waals surface area contributed by atoms with Crippen molar-refractivity contribution in [3.8, 4) is 0 Å². The Balaban J connectivity index is 0.000000254. The highest BCUT2D eigenvalue weighted by Gasteiger charge is 2.21. The lowest BCUT2D eigenvalue weighted by molar-refractivity contribution is 0.148. The Kier molecular flexibility index (Phi) is 12.9. The van der Waals surface area contributed by atoms with Crippen molar-refractivity contribution in [3.05, 3.63) is 59.3 Å². The highest BCUT2D eigenvalue weighted by molar-refractivity contribution is 7.16. The number of aliphatic imine (C=N–C) groups is 1. The Morgan fingerprint density at radius 2 is 1.83 bits per heavy atom. The number of nitrogens with zero attached hydrogens (tertiary/aromatic N) is 3. The fourth-order valence-electron chi connectivity index (χ4n) is 4.23. The average Bonchev–Trinajstić information content (AvgIpc) is 3.13. The van der Waals surface area contributed by atoms with Gasteiger partial charge in [-0.2, -0.15) is 0 Å². The molecule has 198 valence electrons. The molecular formula is C29H45N5OS. The molecule has 3 unspecified atom stereocenters. The zero-order valence-electron chi connectivity index (χ0n) is 23.3. The van der Waals surface area contributed by atoms with Gasteiger partial charge < -0.3 is 20.3 Å². The molecule has 3 atom stereocenters. The molecule has 0 aliphatic carbocycles. The van der Waals surface area contributed by atoms with E-state index in [1.807, 2.05) is 50.2 Å². The number of anilines is 2. The Labute approximate surface area is 222 Å². The van der Waals surface area contributed by atoms with E-state index in [4.69, 9.17) is 9.73 Å². The third kappa shape index (κ3) is 8.87. The van der Waals surface area contributed by atoms with Gasteiger partial charge in [0, 0.05) is 33.2 Å². The van der Waals surface area contributed by atoms with Crippen LogP contribution in [0.4, 0.5) is 16.4 Å². The summed E-state index contributed by atoms with van der Waals surface area (Å²) in [4.78, 5) is 11.3. The first kappa shape index (κ1) is 29.7. The lowest BCUT2D eigenvalue weighted by Crippen LogP contribution is -2.31. The molecule has 1 aliphatic heterocycles. The van der Waals surface area contributed by atoms with E-state index in [1.54, 1.807) is 18.4 Å². The third-order valence-corrected chi connectivity index (χ3v) is 6.79. The first-order valence-corrected chi connectivity index (χ1v) is 13.7. The zero-order valence-corrected chi connectivity index (χ0v) is 24.2. The topological polar surface area (TPSA) is 61.8 Å². The van der Waals surface area contributed by atoms with Gasteiger partial charge in [0.05, 0.1) is 23.0 Å². The van der Waals surface area contributed by atoms with Crippen LogP contribution in [0.5, 0.6) is 0 Å². The summed E-state index contributed by atoms with van der Waals surface area (Å²) in [5, 5.41) is 9.09. The molecular weight excluding hydrogens is 466 g/mol. The number of fused-ring (bicyclic) bond motifs is 2. The maximum absolute atomic E-state index is 5.34. The van der Waals surface area contributed by atoms with Crippen LogP contribution in [0.15, 0.2) is 53.6 Å². The SMILES string of the molecule is C/C=C\C(COC)C(/C=C\C)CC(C)NCCC.Cc1nc2c(s1)Nc1ccccc1N=C2N(C)C. The van der Waals surface area contributed by atoms with Crippen LogP contribution >= 0.6 is 11.3 Å². The summed E-state index contributed by atoms with van der Waals surface area (Å²) in [5.74, 6) is 1.92. The number of amidine groups is 1. The van der Waals surface area contributed by atoms with Crippen LogP contribution in [0.25, 0.3) is 0 Å². The van der Waals surface area contributed by atoms with Gasteiger partial charge in [-0.1, -0.05) is 43.4 Å². The Morgan fingerprint density at radius 3 is 2.47 bits per heavy atom. The summed E-state index contributed by atoms with van der Waals surface area (Å²) in [5.41, 5.74) is 2.90. The number of benzene rings is 1. The molecule has 7 heteroatoms. The first-order chi connectivity index (χ1) is 17.3. The number of thiazole rings is 1. The Hall–Kier alpha value is -2.48. The summed E-state index contributed by atoms with van der Waals surface area (Å²) in [6.45, 7) is 12.6. The van der Waals surface area contributed by atoms with Crippen LogP contribution in [0.3, 0.4) is 0 Å². The van der Waals surface area contributed by atoms with Gasteiger partial charge >= 0.3 is 0 Å². The van der Waals surface area contributed by atoms with Gasteiger partial charge in [-0.05, 0) is 65.1 Å². The van der Waals surface area contributed by atoms with Crippen molar-refractivity contribution < 1.29 is 4.74 Å². The standard InChI is InChI=1S/C16H31NO.C13H14N4S/c1-6-9-15(12-14(4)17-11-8-3)16(10-7-2)13-18-5;1-8-14-11-12(17(2)3)15-9-6-4-5-7-10(9)16-13(11)18-8/h6-7,9-10,14-17H,8,11-13H2,1-5H3;4-7,16H,1-3H3/b9-6-,10-7-;. The van der Waals surface area contributed by atoms with Gasteiger partial charge in [0.15, 0.2) is 5.84 Å².